The number of rotatable bonds is 6. The fourth-order valence-corrected chi connectivity index (χ4v) is 1.97. The number of anilines is 2. The van der Waals surface area contributed by atoms with Gasteiger partial charge in [-0.25, -0.2) is 15.8 Å². The number of hydrazine groups is 1. The van der Waals surface area contributed by atoms with Crippen molar-refractivity contribution in [2.45, 2.75) is 52.5 Å². The Balaban J connectivity index is 2.66. The molecule has 1 rings (SSSR count). The van der Waals surface area contributed by atoms with Crippen LogP contribution in [-0.4, -0.2) is 28.0 Å². The molecule has 0 unspecified atom stereocenters. The molecule has 0 fully saturated rings. The summed E-state index contributed by atoms with van der Waals surface area (Å²) in [6, 6.07) is 0. The van der Waals surface area contributed by atoms with Crippen molar-refractivity contribution < 1.29 is 4.79 Å². The van der Waals surface area contributed by atoms with Crippen molar-refractivity contribution in [3.63, 3.8) is 0 Å². The Hall–Kier alpha value is -1.89. The van der Waals surface area contributed by atoms with E-state index in [1.165, 1.54) is 6.33 Å². The fourth-order valence-electron chi connectivity index (χ4n) is 1.97. The summed E-state index contributed by atoms with van der Waals surface area (Å²) in [5, 5.41) is 6.10. The van der Waals surface area contributed by atoms with Crippen LogP contribution >= 0.6 is 0 Å². The van der Waals surface area contributed by atoms with Gasteiger partial charge in [0.25, 0.3) is 0 Å². The average molecular weight is 294 g/mol. The molecule has 118 valence electrons. The minimum absolute atomic E-state index is 0.00678. The van der Waals surface area contributed by atoms with E-state index in [1.807, 2.05) is 34.6 Å². The fraction of sp³-hybridized carbons (Fsp3) is 0.643. The van der Waals surface area contributed by atoms with Gasteiger partial charge in [-0.2, -0.15) is 0 Å². The van der Waals surface area contributed by atoms with Crippen LogP contribution in [0.2, 0.25) is 0 Å². The summed E-state index contributed by atoms with van der Waals surface area (Å²) in [4.78, 5) is 20.1. The Bertz CT molecular complexity index is 481. The summed E-state index contributed by atoms with van der Waals surface area (Å²) in [6.45, 7) is 10.5. The van der Waals surface area contributed by atoms with E-state index in [2.05, 4.69) is 26.0 Å². The molecule has 0 aliphatic heterocycles. The van der Waals surface area contributed by atoms with Crippen molar-refractivity contribution in [3.8, 4) is 0 Å². The zero-order valence-corrected chi connectivity index (χ0v) is 13.4. The van der Waals surface area contributed by atoms with Crippen LogP contribution in [0, 0.1) is 0 Å². The van der Waals surface area contributed by atoms with Gasteiger partial charge in [0.2, 0.25) is 5.91 Å². The third-order valence-corrected chi connectivity index (χ3v) is 2.76. The second kappa shape index (κ2) is 7.21. The Labute approximate surface area is 126 Å². The molecule has 7 nitrogen and oxygen atoms in total. The van der Waals surface area contributed by atoms with Gasteiger partial charge >= 0.3 is 0 Å². The van der Waals surface area contributed by atoms with E-state index < -0.39 is 0 Å². The van der Waals surface area contributed by atoms with Gasteiger partial charge in [-0.15, -0.1) is 0 Å². The van der Waals surface area contributed by atoms with Gasteiger partial charge in [0.05, 0.1) is 0 Å². The zero-order chi connectivity index (χ0) is 16.0. The van der Waals surface area contributed by atoms with Gasteiger partial charge in [-0.3, -0.25) is 4.79 Å². The van der Waals surface area contributed by atoms with Crippen LogP contribution in [-0.2, 0) is 4.79 Å². The number of nitrogens with two attached hydrogens (primary N) is 1. The van der Waals surface area contributed by atoms with Crippen molar-refractivity contribution >= 4 is 17.5 Å². The number of hydrogen-bond donors (Lipinski definition) is 4. The van der Waals surface area contributed by atoms with Crippen LogP contribution in [0.3, 0.4) is 0 Å². The predicted molar refractivity (Wildman–Crippen MR) is 84.9 cm³/mol. The summed E-state index contributed by atoms with van der Waals surface area (Å²) in [5.74, 6) is 6.99. The molecule has 0 saturated carbocycles. The molecule has 0 saturated heterocycles. The molecule has 1 aromatic heterocycles. The Morgan fingerprint density at radius 1 is 1.29 bits per heavy atom. The summed E-state index contributed by atoms with van der Waals surface area (Å²) in [5.41, 5.74) is 3.27. The largest absolute Gasteiger partial charge is 0.369 e. The number of hydrogen-bond acceptors (Lipinski definition) is 6. The highest BCUT2D eigenvalue weighted by Gasteiger charge is 2.16. The SMILES string of the molecule is CC(C)c1c(NN)ncnc1NCCC(=O)NC(C)(C)C. The maximum atomic E-state index is 11.8. The van der Waals surface area contributed by atoms with Crippen LogP contribution in [0.5, 0.6) is 0 Å². The maximum Gasteiger partial charge on any atom is 0.222 e. The van der Waals surface area contributed by atoms with Crippen molar-refractivity contribution in [2.75, 3.05) is 17.3 Å². The van der Waals surface area contributed by atoms with Crippen molar-refractivity contribution in [3.05, 3.63) is 11.9 Å². The predicted octanol–water partition coefficient (Wildman–Crippen LogP) is 1.60. The number of aromatic nitrogens is 2. The smallest absolute Gasteiger partial charge is 0.222 e. The summed E-state index contributed by atoms with van der Waals surface area (Å²) >= 11 is 0. The van der Waals surface area contributed by atoms with E-state index in [0.717, 1.165) is 5.56 Å². The molecule has 7 heteroatoms. The van der Waals surface area contributed by atoms with Crippen molar-refractivity contribution in [1.29, 1.82) is 0 Å². The molecule has 21 heavy (non-hydrogen) atoms. The molecular weight excluding hydrogens is 268 g/mol. The van der Waals surface area contributed by atoms with E-state index in [0.29, 0.717) is 24.6 Å². The minimum Gasteiger partial charge on any atom is -0.369 e. The molecule has 0 aromatic carbocycles. The number of carbonyl (C=O) groups is 1. The molecule has 0 aliphatic rings. The lowest BCUT2D eigenvalue weighted by Crippen LogP contribution is -2.41. The van der Waals surface area contributed by atoms with Crippen LogP contribution in [0.1, 0.15) is 52.5 Å². The Kier molecular flexibility index (Phi) is 5.90. The lowest BCUT2D eigenvalue weighted by Gasteiger charge is -2.21. The first-order valence-electron chi connectivity index (χ1n) is 7.11. The molecular formula is C14H26N6O. The topological polar surface area (TPSA) is 105 Å². The van der Waals surface area contributed by atoms with Crippen LogP contribution < -0.4 is 21.9 Å². The highest BCUT2D eigenvalue weighted by atomic mass is 16.1. The van der Waals surface area contributed by atoms with Gasteiger partial charge in [0.1, 0.15) is 18.0 Å². The van der Waals surface area contributed by atoms with Gasteiger partial charge in [0.15, 0.2) is 0 Å². The van der Waals surface area contributed by atoms with Crippen LogP contribution in [0.15, 0.2) is 6.33 Å². The summed E-state index contributed by atoms with van der Waals surface area (Å²) < 4.78 is 0. The van der Waals surface area contributed by atoms with E-state index >= 15 is 0 Å². The quantitative estimate of drug-likeness (QED) is 0.469. The molecule has 1 amide bonds. The van der Waals surface area contributed by atoms with Gasteiger partial charge < -0.3 is 16.1 Å². The third-order valence-electron chi connectivity index (χ3n) is 2.76. The molecule has 1 heterocycles. The number of carbonyl (C=O) groups excluding carboxylic acids is 1. The van der Waals surface area contributed by atoms with E-state index in [9.17, 15) is 4.79 Å². The number of amides is 1. The van der Waals surface area contributed by atoms with Crippen molar-refractivity contribution in [1.82, 2.24) is 15.3 Å². The van der Waals surface area contributed by atoms with Gasteiger partial charge in [-0.05, 0) is 26.7 Å². The van der Waals surface area contributed by atoms with E-state index in [-0.39, 0.29) is 17.4 Å². The normalized spacial score (nSPS) is 11.4. The summed E-state index contributed by atoms with van der Waals surface area (Å²) in [7, 11) is 0. The second-order valence-electron chi connectivity index (χ2n) is 6.26. The Morgan fingerprint density at radius 2 is 1.90 bits per heavy atom. The molecule has 0 radical (unpaired) electrons. The first-order chi connectivity index (χ1) is 9.74. The van der Waals surface area contributed by atoms with Crippen LogP contribution in [0.4, 0.5) is 11.6 Å². The van der Waals surface area contributed by atoms with Crippen LogP contribution in [0.25, 0.3) is 0 Å². The van der Waals surface area contributed by atoms with E-state index in [4.69, 9.17) is 5.84 Å². The molecule has 5 N–H and O–H groups in total. The monoisotopic (exact) mass is 294 g/mol. The average Bonchev–Trinajstić information content (AvgIpc) is 2.35. The van der Waals surface area contributed by atoms with Gasteiger partial charge in [-0.1, -0.05) is 13.8 Å². The number of nitrogens with one attached hydrogen (secondary N) is 3. The first kappa shape index (κ1) is 17.2. The Morgan fingerprint density at radius 3 is 2.43 bits per heavy atom. The number of nitrogens with zero attached hydrogens (tertiary/aromatic N) is 2. The summed E-state index contributed by atoms with van der Waals surface area (Å²) in [6.07, 6.45) is 1.82. The maximum absolute atomic E-state index is 11.8. The molecule has 0 atom stereocenters. The molecule has 0 bridgehead atoms. The highest BCUT2D eigenvalue weighted by Crippen LogP contribution is 2.27. The standard InChI is InChI=1S/C14H26N6O/c1-9(2)11-12(17-8-18-13(11)20-15)16-7-6-10(21)19-14(3,4)5/h8-9H,6-7,15H2,1-5H3,(H,19,21)(H2,16,17,18,20). The van der Waals surface area contributed by atoms with E-state index in [1.54, 1.807) is 0 Å². The molecule has 1 aromatic rings. The number of nitrogen functional groups attached to an aromatic ring is 1. The minimum atomic E-state index is -0.217. The second-order valence-corrected chi connectivity index (χ2v) is 6.26. The molecule has 0 aliphatic carbocycles. The lowest BCUT2D eigenvalue weighted by molar-refractivity contribution is -0.122. The first-order valence-corrected chi connectivity index (χ1v) is 7.11. The molecule has 0 spiro atoms. The zero-order valence-electron chi connectivity index (χ0n) is 13.4. The highest BCUT2D eigenvalue weighted by molar-refractivity contribution is 5.77. The lowest BCUT2D eigenvalue weighted by atomic mass is 10.0. The van der Waals surface area contributed by atoms with Crippen molar-refractivity contribution in [2.24, 2.45) is 5.84 Å². The third kappa shape index (κ3) is 5.55. The van der Waals surface area contributed by atoms with Gasteiger partial charge in [0, 0.05) is 24.1 Å².